The van der Waals surface area contributed by atoms with Crippen LogP contribution in [0.1, 0.15) is 35.8 Å². The van der Waals surface area contributed by atoms with Crippen LogP contribution < -0.4 is 10.1 Å². The van der Waals surface area contributed by atoms with E-state index >= 15 is 0 Å². The number of nitrogens with zero attached hydrogens (tertiary/aromatic N) is 1. The summed E-state index contributed by atoms with van der Waals surface area (Å²) in [6.07, 6.45) is 0.923. The summed E-state index contributed by atoms with van der Waals surface area (Å²) in [4.78, 5) is 4.58. The molecule has 0 aliphatic heterocycles. The molecule has 4 aromatic rings. The summed E-state index contributed by atoms with van der Waals surface area (Å²) in [5.74, 6) is 2.26. The van der Waals surface area contributed by atoms with Crippen LogP contribution in [0.5, 0.6) is 11.5 Å². The molecule has 0 saturated carbocycles. The van der Waals surface area contributed by atoms with Crippen molar-refractivity contribution in [1.29, 1.82) is 0 Å². The maximum atomic E-state index is 9.79. The third kappa shape index (κ3) is 4.68. The molecule has 0 aliphatic rings. The van der Waals surface area contributed by atoms with E-state index in [0.29, 0.717) is 5.56 Å². The molecule has 0 saturated heterocycles. The number of anilines is 1. The average Bonchev–Trinajstić information content (AvgIpc) is 2.80. The number of benzene rings is 3. The molecular formula is C26H26N2O3. The number of hydrogen-bond donors (Lipinski definition) is 3. The van der Waals surface area contributed by atoms with Gasteiger partial charge in [0, 0.05) is 12.2 Å². The Bertz CT molecular complexity index is 1150. The van der Waals surface area contributed by atoms with Gasteiger partial charge in [-0.3, -0.25) is 0 Å². The number of pyridine rings is 1. The van der Waals surface area contributed by atoms with Crippen LogP contribution in [0.25, 0.3) is 10.8 Å². The van der Waals surface area contributed by atoms with Crippen LogP contribution in [0, 0.1) is 6.92 Å². The van der Waals surface area contributed by atoms with Gasteiger partial charge < -0.3 is 20.3 Å². The number of aromatic nitrogens is 1. The molecule has 0 fully saturated rings. The van der Waals surface area contributed by atoms with Crippen molar-refractivity contribution in [3.05, 3.63) is 95.7 Å². The topological polar surface area (TPSA) is 74.6 Å². The summed E-state index contributed by atoms with van der Waals surface area (Å²) in [7, 11) is 0. The van der Waals surface area contributed by atoms with Crippen LogP contribution in [-0.4, -0.2) is 21.8 Å². The molecule has 158 valence electrons. The standard InChI is InChI=1S/C26H26N2O3/c1-17-6-12-22(13-7-17)31-24-5-3-4-21-14-15-27-26(25(21)24)28-18(2)19-8-10-20(11-9-19)23(30)16-29/h3-15,18,23,29-30H,16H2,1-2H3,(H,27,28)/t18-,23?/m0/s1. The molecule has 0 amide bonds. The molecular weight excluding hydrogens is 388 g/mol. The number of hydrogen-bond acceptors (Lipinski definition) is 5. The molecule has 5 heteroatoms. The first-order chi connectivity index (χ1) is 15.0. The van der Waals surface area contributed by atoms with E-state index in [0.717, 1.165) is 33.7 Å². The fourth-order valence-corrected chi connectivity index (χ4v) is 3.53. The monoisotopic (exact) mass is 414 g/mol. The third-order valence-electron chi connectivity index (χ3n) is 5.35. The number of aryl methyl sites for hydroxylation is 1. The van der Waals surface area contributed by atoms with Crippen molar-refractivity contribution in [3.63, 3.8) is 0 Å². The van der Waals surface area contributed by atoms with Crippen LogP contribution in [0.15, 0.2) is 79.0 Å². The molecule has 0 aliphatic carbocycles. The van der Waals surface area contributed by atoms with E-state index in [1.807, 2.05) is 79.7 Å². The molecule has 1 unspecified atom stereocenters. The van der Waals surface area contributed by atoms with Crippen molar-refractivity contribution >= 4 is 16.6 Å². The summed E-state index contributed by atoms with van der Waals surface area (Å²) < 4.78 is 6.20. The minimum atomic E-state index is -0.862. The Balaban J connectivity index is 1.63. The second-order valence-electron chi connectivity index (χ2n) is 7.66. The van der Waals surface area contributed by atoms with Gasteiger partial charge >= 0.3 is 0 Å². The highest BCUT2D eigenvalue weighted by atomic mass is 16.5. The van der Waals surface area contributed by atoms with Crippen molar-refractivity contribution in [3.8, 4) is 11.5 Å². The van der Waals surface area contributed by atoms with E-state index in [4.69, 9.17) is 9.84 Å². The maximum absolute atomic E-state index is 9.79. The van der Waals surface area contributed by atoms with E-state index < -0.39 is 6.10 Å². The molecule has 0 bridgehead atoms. The van der Waals surface area contributed by atoms with Gasteiger partial charge in [-0.2, -0.15) is 0 Å². The highest BCUT2D eigenvalue weighted by Crippen LogP contribution is 2.35. The zero-order chi connectivity index (χ0) is 21.8. The normalized spacial score (nSPS) is 13.0. The lowest BCUT2D eigenvalue weighted by Gasteiger charge is -2.19. The Morgan fingerprint density at radius 3 is 2.35 bits per heavy atom. The Morgan fingerprint density at radius 1 is 0.935 bits per heavy atom. The SMILES string of the molecule is Cc1ccc(Oc2cccc3ccnc(N[C@@H](C)c4ccc(C(O)CO)cc4)c23)cc1. The van der Waals surface area contributed by atoms with Gasteiger partial charge in [-0.05, 0) is 54.6 Å². The minimum absolute atomic E-state index is 0.0224. The van der Waals surface area contributed by atoms with E-state index in [2.05, 4.69) is 17.2 Å². The summed E-state index contributed by atoms with van der Waals surface area (Å²) in [6, 6.07) is 23.4. The van der Waals surface area contributed by atoms with Crippen LogP contribution in [0.3, 0.4) is 0 Å². The zero-order valence-corrected chi connectivity index (χ0v) is 17.6. The molecule has 3 N–H and O–H groups in total. The van der Waals surface area contributed by atoms with Crippen LogP contribution in [0.2, 0.25) is 0 Å². The first kappa shape index (κ1) is 20.8. The molecule has 1 heterocycles. The molecule has 31 heavy (non-hydrogen) atoms. The molecule has 5 nitrogen and oxygen atoms in total. The Morgan fingerprint density at radius 2 is 1.65 bits per heavy atom. The van der Waals surface area contributed by atoms with E-state index in [9.17, 15) is 5.11 Å². The largest absolute Gasteiger partial charge is 0.457 e. The van der Waals surface area contributed by atoms with Gasteiger partial charge in [-0.25, -0.2) is 4.98 Å². The number of aliphatic hydroxyl groups excluding tert-OH is 2. The fraction of sp³-hybridized carbons (Fsp3) is 0.192. The molecule has 2 atom stereocenters. The first-order valence-corrected chi connectivity index (χ1v) is 10.3. The van der Waals surface area contributed by atoms with E-state index in [-0.39, 0.29) is 12.6 Å². The quantitative estimate of drug-likeness (QED) is 0.370. The predicted octanol–water partition coefficient (Wildman–Crippen LogP) is 5.53. The Kier molecular flexibility index (Phi) is 6.16. The van der Waals surface area contributed by atoms with Crippen LogP contribution in [0.4, 0.5) is 5.82 Å². The summed E-state index contributed by atoms with van der Waals surface area (Å²) in [6.45, 7) is 3.81. The smallest absolute Gasteiger partial charge is 0.138 e. The fourth-order valence-electron chi connectivity index (χ4n) is 3.53. The third-order valence-corrected chi connectivity index (χ3v) is 5.35. The van der Waals surface area contributed by atoms with Gasteiger partial charge in [0.25, 0.3) is 0 Å². The van der Waals surface area contributed by atoms with Crippen molar-refractivity contribution < 1.29 is 14.9 Å². The number of rotatable bonds is 7. The zero-order valence-electron chi connectivity index (χ0n) is 17.6. The second-order valence-corrected chi connectivity index (χ2v) is 7.66. The highest BCUT2D eigenvalue weighted by Gasteiger charge is 2.14. The summed E-state index contributed by atoms with van der Waals surface area (Å²) in [5, 5.41) is 24.4. The molecule has 4 rings (SSSR count). The van der Waals surface area contributed by atoms with Crippen molar-refractivity contribution in [1.82, 2.24) is 4.98 Å². The molecule has 3 aromatic carbocycles. The van der Waals surface area contributed by atoms with Gasteiger partial charge in [-0.15, -0.1) is 0 Å². The van der Waals surface area contributed by atoms with Gasteiger partial charge in [0.1, 0.15) is 23.4 Å². The number of aliphatic hydroxyl groups is 2. The summed E-state index contributed by atoms with van der Waals surface area (Å²) in [5.41, 5.74) is 2.92. The van der Waals surface area contributed by atoms with Gasteiger partial charge in [0.05, 0.1) is 12.0 Å². The lowest BCUT2D eigenvalue weighted by atomic mass is 10.0. The Labute approximate surface area is 182 Å². The molecule has 0 spiro atoms. The molecule has 0 radical (unpaired) electrons. The maximum Gasteiger partial charge on any atom is 0.138 e. The van der Waals surface area contributed by atoms with Gasteiger partial charge in [0.15, 0.2) is 0 Å². The molecule has 1 aromatic heterocycles. The van der Waals surface area contributed by atoms with E-state index in [1.54, 1.807) is 6.20 Å². The number of nitrogens with one attached hydrogen (secondary N) is 1. The van der Waals surface area contributed by atoms with Gasteiger partial charge in [0.2, 0.25) is 0 Å². The van der Waals surface area contributed by atoms with E-state index in [1.165, 1.54) is 5.56 Å². The minimum Gasteiger partial charge on any atom is -0.457 e. The van der Waals surface area contributed by atoms with Crippen molar-refractivity contribution in [2.75, 3.05) is 11.9 Å². The lowest BCUT2D eigenvalue weighted by molar-refractivity contribution is 0.0956. The van der Waals surface area contributed by atoms with Crippen molar-refractivity contribution in [2.24, 2.45) is 0 Å². The summed E-state index contributed by atoms with van der Waals surface area (Å²) >= 11 is 0. The van der Waals surface area contributed by atoms with Gasteiger partial charge in [-0.1, -0.05) is 54.1 Å². The lowest BCUT2D eigenvalue weighted by Crippen LogP contribution is -2.09. The second kappa shape index (κ2) is 9.16. The number of ether oxygens (including phenoxy) is 1. The average molecular weight is 415 g/mol. The van der Waals surface area contributed by atoms with Crippen LogP contribution in [-0.2, 0) is 0 Å². The number of fused-ring (bicyclic) bond motifs is 1. The Hall–Kier alpha value is -3.41. The first-order valence-electron chi connectivity index (χ1n) is 10.3. The highest BCUT2D eigenvalue weighted by molar-refractivity contribution is 5.97. The predicted molar refractivity (Wildman–Crippen MR) is 124 cm³/mol. The van der Waals surface area contributed by atoms with Crippen molar-refractivity contribution in [2.45, 2.75) is 26.0 Å². The van der Waals surface area contributed by atoms with Crippen LogP contribution >= 0.6 is 0 Å².